The first-order valence-corrected chi connectivity index (χ1v) is 6.80. The zero-order chi connectivity index (χ0) is 13.2. The second-order valence-corrected chi connectivity index (χ2v) is 5.22. The van der Waals surface area contributed by atoms with E-state index >= 15 is 0 Å². The first-order chi connectivity index (χ1) is 9.29. The van der Waals surface area contributed by atoms with E-state index in [0.717, 1.165) is 31.5 Å². The molecule has 0 saturated heterocycles. The Morgan fingerprint density at radius 3 is 2.89 bits per heavy atom. The fourth-order valence-corrected chi connectivity index (χ4v) is 2.60. The number of nitrogens with one attached hydrogen (secondary N) is 1. The molecule has 1 amide bonds. The standard InChI is InChI=1S/C15H17N3O/c16-6-1-7-18(14-4-5-14)15(19)11-2-3-12-9-17-10-13(12)8-11/h2-3,8,14,17H,1,4-5,7,9-10H2. The Bertz CT molecular complexity index is 543. The monoisotopic (exact) mass is 255 g/mol. The summed E-state index contributed by atoms with van der Waals surface area (Å²) in [6.07, 6.45) is 2.56. The number of carbonyl (C=O) groups is 1. The Balaban J connectivity index is 1.79. The molecule has 0 radical (unpaired) electrons. The van der Waals surface area contributed by atoms with E-state index in [-0.39, 0.29) is 5.91 Å². The quantitative estimate of drug-likeness (QED) is 0.892. The van der Waals surface area contributed by atoms with Crippen LogP contribution in [0.2, 0.25) is 0 Å². The summed E-state index contributed by atoms with van der Waals surface area (Å²) in [6.45, 7) is 2.29. The number of benzene rings is 1. The highest BCUT2D eigenvalue weighted by Gasteiger charge is 2.32. The van der Waals surface area contributed by atoms with Gasteiger partial charge in [-0.2, -0.15) is 5.26 Å². The summed E-state index contributed by atoms with van der Waals surface area (Å²) in [6, 6.07) is 8.43. The average Bonchev–Trinajstić information content (AvgIpc) is 3.15. The van der Waals surface area contributed by atoms with Gasteiger partial charge < -0.3 is 10.2 Å². The van der Waals surface area contributed by atoms with Crippen molar-refractivity contribution in [2.45, 2.75) is 38.4 Å². The molecule has 3 rings (SSSR count). The SMILES string of the molecule is N#CCCN(C(=O)c1ccc2c(c1)CNC2)C1CC1. The van der Waals surface area contributed by atoms with Gasteiger partial charge in [0.05, 0.1) is 12.5 Å². The van der Waals surface area contributed by atoms with Crippen LogP contribution in [0.25, 0.3) is 0 Å². The van der Waals surface area contributed by atoms with Crippen LogP contribution in [0, 0.1) is 11.3 Å². The number of amides is 1. The Morgan fingerprint density at radius 1 is 1.37 bits per heavy atom. The Morgan fingerprint density at radius 2 is 2.16 bits per heavy atom. The number of hydrogen-bond acceptors (Lipinski definition) is 3. The van der Waals surface area contributed by atoms with Crippen LogP contribution in [-0.2, 0) is 13.1 Å². The van der Waals surface area contributed by atoms with Gasteiger partial charge in [0.2, 0.25) is 0 Å². The zero-order valence-corrected chi connectivity index (χ0v) is 10.9. The van der Waals surface area contributed by atoms with Gasteiger partial charge >= 0.3 is 0 Å². The molecule has 1 aromatic rings. The van der Waals surface area contributed by atoms with Gasteiger partial charge in [-0.3, -0.25) is 4.79 Å². The van der Waals surface area contributed by atoms with Crippen molar-refractivity contribution in [1.82, 2.24) is 10.2 Å². The number of nitriles is 1. The number of hydrogen-bond donors (Lipinski definition) is 1. The maximum absolute atomic E-state index is 12.5. The summed E-state index contributed by atoms with van der Waals surface area (Å²) in [5.41, 5.74) is 3.26. The summed E-state index contributed by atoms with van der Waals surface area (Å²) in [4.78, 5) is 14.4. The van der Waals surface area contributed by atoms with Crippen molar-refractivity contribution in [3.05, 3.63) is 34.9 Å². The smallest absolute Gasteiger partial charge is 0.254 e. The lowest BCUT2D eigenvalue weighted by Gasteiger charge is -2.21. The van der Waals surface area contributed by atoms with E-state index in [0.29, 0.717) is 19.0 Å². The van der Waals surface area contributed by atoms with Gasteiger partial charge in [0, 0.05) is 31.2 Å². The number of carbonyl (C=O) groups excluding carboxylic acids is 1. The van der Waals surface area contributed by atoms with Crippen LogP contribution >= 0.6 is 0 Å². The van der Waals surface area contributed by atoms with E-state index in [1.807, 2.05) is 23.1 Å². The van der Waals surface area contributed by atoms with Gasteiger partial charge in [0.25, 0.3) is 5.91 Å². The summed E-state index contributed by atoms with van der Waals surface area (Å²) in [7, 11) is 0. The van der Waals surface area contributed by atoms with Crippen molar-refractivity contribution >= 4 is 5.91 Å². The highest BCUT2D eigenvalue weighted by molar-refractivity contribution is 5.95. The van der Waals surface area contributed by atoms with Crippen LogP contribution in [0.4, 0.5) is 0 Å². The predicted molar refractivity (Wildman–Crippen MR) is 71.3 cm³/mol. The fourth-order valence-electron chi connectivity index (χ4n) is 2.60. The van der Waals surface area contributed by atoms with Crippen LogP contribution in [0.1, 0.15) is 40.7 Å². The second-order valence-electron chi connectivity index (χ2n) is 5.22. The van der Waals surface area contributed by atoms with Gasteiger partial charge in [-0.05, 0) is 36.1 Å². The van der Waals surface area contributed by atoms with Gasteiger partial charge in [0.1, 0.15) is 0 Å². The van der Waals surface area contributed by atoms with Crippen LogP contribution in [-0.4, -0.2) is 23.4 Å². The first-order valence-electron chi connectivity index (χ1n) is 6.80. The Hall–Kier alpha value is -1.86. The highest BCUT2D eigenvalue weighted by atomic mass is 16.2. The molecule has 0 bridgehead atoms. The van der Waals surface area contributed by atoms with Gasteiger partial charge in [-0.25, -0.2) is 0 Å². The molecule has 0 spiro atoms. The lowest BCUT2D eigenvalue weighted by Crippen LogP contribution is -2.34. The number of fused-ring (bicyclic) bond motifs is 1. The maximum Gasteiger partial charge on any atom is 0.254 e. The molecule has 4 nitrogen and oxygen atoms in total. The molecule has 1 saturated carbocycles. The molecule has 0 unspecified atom stereocenters. The van der Waals surface area contributed by atoms with E-state index in [4.69, 9.17) is 5.26 Å². The molecule has 1 aliphatic carbocycles. The molecule has 0 atom stereocenters. The third kappa shape index (κ3) is 2.47. The molecule has 1 heterocycles. The van der Waals surface area contributed by atoms with E-state index in [9.17, 15) is 4.79 Å². The molecule has 1 aliphatic heterocycles. The minimum Gasteiger partial charge on any atom is -0.335 e. The largest absolute Gasteiger partial charge is 0.335 e. The lowest BCUT2D eigenvalue weighted by molar-refractivity contribution is 0.0746. The number of rotatable bonds is 4. The van der Waals surface area contributed by atoms with Crippen molar-refractivity contribution in [1.29, 1.82) is 5.26 Å². The lowest BCUT2D eigenvalue weighted by atomic mass is 10.1. The summed E-state index contributed by atoms with van der Waals surface area (Å²) in [5, 5.41) is 12.0. The first kappa shape index (κ1) is 12.2. The molecule has 2 aliphatic rings. The molecule has 1 N–H and O–H groups in total. The average molecular weight is 255 g/mol. The van der Waals surface area contributed by atoms with Crippen molar-refractivity contribution in [2.75, 3.05) is 6.54 Å². The molecule has 1 aromatic carbocycles. The topological polar surface area (TPSA) is 56.1 Å². The van der Waals surface area contributed by atoms with E-state index < -0.39 is 0 Å². The molecule has 0 aromatic heterocycles. The van der Waals surface area contributed by atoms with Crippen LogP contribution in [0.3, 0.4) is 0 Å². The van der Waals surface area contributed by atoms with Gasteiger partial charge in [0.15, 0.2) is 0 Å². The minimum atomic E-state index is 0.0763. The highest BCUT2D eigenvalue weighted by Crippen LogP contribution is 2.29. The summed E-state index contributed by atoms with van der Waals surface area (Å²) >= 11 is 0. The molecular formula is C15H17N3O. The molecule has 19 heavy (non-hydrogen) atoms. The fraction of sp³-hybridized carbons (Fsp3) is 0.467. The van der Waals surface area contributed by atoms with E-state index in [1.54, 1.807) is 0 Å². The third-order valence-electron chi connectivity index (χ3n) is 3.80. The van der Waals surface area contributed by atoms with E-state index in [1.165, 1.54) is 11.1 Å². The van der Waals surface area contributed by atoms with Crippen molar-refractivity contribution in [3.63, 3.8) is 0 Å². The van der Waals surface area contributed by atoms with Gasteiger partial charge in [-0.1, -0.05) is 6.07 Å². The minimum absolute atomic E-state index is 0.0763. The summed E-state index contributed by atoms with van der Waals surface area (Å²) in [5.74, 6) is 0.0763. The molecule has 1 fully saturated rings. The van der Waals surface area contributed by atoms with E-state index in [2.05, 4.69) is 11.4 Å². The Kier molecular flexibility index (Phi) is 3.22. The third-order valence-corrected chi connectivity index (χ3v) is 3.80. The molecule has 98 valence electrons. The summed E-state index contributed by atoms with van der Waals surface area (Å²) < 4.78 is 0. The molecular weight excluding hydrogens is 238 g/mol. The zero-order valence-electron chi connectivity index (χ0n) is 10.9. The normalized spacial score (nSPS) is 16.8. The number of nitrogens with zero attached hydrogens (tertiary/aromatic N) is 2. The van der Waals surface area contributed by atoms with Crippen molar-refractivity contribution < 1.29 is 4.79 Å². The van der Waals surface area contributed by atoms with Crippen LogP contribution in [0.15, 0.2) is 18.2 Å². The second kappa shape index (κ2) is 5.02. The molecule has 4 heteroatoms. The van der Waals surface area contributed by atoms with Crippen molar-refractivity contribution in [3.8, 4) is 6.07 Å². The Labute approximate surface area is 113 Å². The maximum atomic E-state index is 12.5. The predicted octanol–water partition coefficient (Wildman–Crippen LogP) is 1.81. The van der Waals surface area contributed by atoms with Gasteiger partial charge in [-0.15, -0.1) is 0 Å². The van der Waals surface area contributed by atoms with Crippen molar-refractivity contribution in [2.24, 2.45) is 0 Å². The van der Waals surface area contributed by atoms with Crippen LogP contribution < -0.4 is 5.32 Å². The van der Waals surface area contributed by atoms with Crippen LogP contribution in [0.5, 0.6) is 0 Å².